The van der Waals surface area contributed by atoms with Crippen molar-refractivity contribution >= 4 is 16.7 Å². The largest absolute Gasteiger partial charge is 0.363 e. The summed E-state index contributed by atoms with van der Waals surface area (Å²) in [6.07, 6.45) is 3.42. The van der Waals surface area contributed by atoms with E-state index in [1.807, 2.05) is 7.05 Å². The minimum absolute atomic E-state index is 0.634. The molecule has 0 saturated heterocycles. The van der Waals surface area contributed by atoms with Crippen molar-refractivity contribution in [1.82, 2.24) is 19.3 Å². The van der Waals surface area contributed by atoms with Crippen LogP contribution in [0.2, 0.25) is 0 Å². The molecule has 62 valence electrons. The van der Waals surface area contributed by atoms with E-state index in [2.05, 4.69) is 24.6 Å². The summed E-state index contributed by atoms with van der Waals surface area (Å²) in [5.41, 5.74) is 0. The maximum absolute atomic E-state index is 4.17. The minimum Gasteiger partial charge on any atom is -0.363 e. The van der Waals surface area contributed by atoms with Crippen LogP contribution in [0.1, 0.15) is 0 Å². The number of nitrogens with one attached hydrogen (secondary N) is 2. The third-order valence-corrected chi connectivity index (χ3v) is 2.08. The lowest BCUT2D eigenvalue weighted by molar-refractivity contribution is 1.20. The van der Waals surface area contributed by atoms with Gasteiger partial charge in [-0.3, -0.25) is 0 Å². The standard InChI is InChI=1S/C6H7N5S/c1-7-6-10-5(11-12-6)4-8-2-3-9-4/h2-3H,1H3,(H,8,9)(H,7,10,11). The van der Waals surface area contributed by atoms with Crippen LogP contribution >= 0.6 is 11.5 Å². The third-order valence-electron chi connectivity index (χ3n) is 1.35. The van der Waals surface area contributed by atoms with E-state index in [9.17, 15) is 0 Å². The molecular weight excluding hydrogens is 174 g/mol. The smallest absolute Gasteiger partial charge is 0.210 e. The van der Waals surface area contributed by atoms with Crippen LogP contribution in [0, 0.1) is 0 Å². The molecule has 0 saturated carbocycles. The Bertz CT molecular complexity index is 352. The van der Waals surface area contributed by atoms with Crippen LogP contribution in [-0.4, -0.2) is 26.4 Å². The number of hydrogen-bond donors (Lipinski definition) is 2. The van der Waals surface area contributed by atoms with E-state index >= 15 is 0 Å². The molecule has 0 fully saturated rings. The van der Waals surface area contributed by atoms with Crippen LogP contribution in [0.5, 0.6) is 0 Å². The molecule has 5 nitrogen and oxygen atoms in total. The monoisotopic (exact) mass is 181 g/mol. The average Bonchev–Trinajstić information content (AvgIpc) is 2.75. The molecule has 12 heavy (non-hydrogen) atoms. The average molecular weight is 181 g/mol. The van der Waals surface area contributed by atoms with E-state index in [1.54, 1.807) is 12.4 Å². The fourth-order valence-electron chi connectivity index (χ4n) is 0.809. The maximum atomic E-state index is 4.17. The van der Waals surface area contributed by atoms with Crippen molar-refractivity contribution in [3.8, 4) is 11.6 Å². The zero-order valence-electron chi connectivity index (χ0n) is 6.40. The van der Waals surface area contributed by atoms with E-state index in [0.29, 0.717) is 11.6 Å². The number of rotatable bonds is 2. The summed E-state index contributed by atoms with van der Waals surface area (Å²) in [5.74, 6) is 1.34. The van der Waals surface area contributed by atoms with Gasteiger partial charge in [0.05, 0.1) is 0 Å². The van der Waals surface area contributed by atoms with Crippen LogP contribution in [0.4, 0.5) is 5.13 Å². The molecule has 2 aromatic heterocycles. The molecule has 0 amide bonds. The number of aromatic amines is 1. The molecule has 2 aromatic rings. The van der Waals surface area contributed by atoms with Gasteiger partial charge in [-0.25, -0.2) is 4.98 Å². The predicted octanol–water partition coefficient (Wildman–Crippen LogP) is 0.970. The normalized spacial score (nSPS) is 10.1. The summed E-state index contributed by atoms with van der Waals surface area (Å²) in [6, 6.07) is 0. The molecule has 0 atom stereocenters. The van der Waals surface area contributed by atoms with E-state index in [0.717, 1.165) is 5.13 Å². The predicted molar refractivity (Wildman–Crippen MR) is 47.0 cm³/mol. The Morgan fingerprint density at radius 1 is 1.58 bits per heavy atom. The summed E-state index contributed by atoms with van der Waals surface area (Å²) in [6.45, 7) is 0. The van der Waals surface area contributed by atoms with Crippen LogP contribution in [0.15, 0.2) is 12.4 Å². The number of H-pyrrole nitrogens is 1. The lowest BCUT2D eigenvalue weighted by Gasteiger charge is -1.86. The van der Waals surface area contributed by atoms with Gasteiger partial charge in [0.25, 0.3) is 0 Å². The molecule has 2 rings (SSSR count). The second-order valence-corrected chi connectivity index (χ2v) is 2.86. The van der Waals surface area contributed by atoms with Gasteiger partial charge >= 0.3 is 0 Å². The van der Waals surface area contributed by atoms with Gasteiger partial charge in [-0.1, -0.05) is 0 Å². The van der Waals surface area contributed by atoms with E-state index in [1.165, 1.54) is 11.5 Å². The van der Waals surface area contributed by atoms with Crippen LogP contribution in [-0.2, 0) is 0 Å². The highest BCUT2D eigenvalue weighted by molar-refractivity contribution is 7.09. The third kappa shape index (κ3) is 1.16. The number of aromatic nitrogens is 4. The van der Waals surface area contributed by atoms with Gasteiger partial charge in [-0.15, -0.1) is 0 Å². The summed E-state index contributed by atoms with van der Waals surface area (Å²) >= 11 is 1.32. The van der Waals surface area contributed by atoms with Gasteiger partial charge < -0.3 is 10.3 Å². The second kappa shape index (κ2) is 2.90. The molecule has 0 bridgehead atoms. The molecule has 0 aliphatic carbocycles. The minimum atomic E-state index is 0.634. The highest BCUT2D eigenvalue weighted by atomic mass is 32.1. The first-order valence-electron chi connectivity index (χ1n) is 3.41. The lowest BCUT2D eigenvalue weighted by atomic mass is 10.6. The van der Waals surface area contributed by atoms with Crippen molar-refractivity contribution in [3.63, 3.8) is 0 Å². The Labute approximate surface area is 73.1 Å². The molecule has 0 spiro atoms. The van der Waals surface area contributed by atoms with Crippen molar-refractivity contribution in [1.29, 1.82) is 0 Å². The van der Waals surface area contributed by atoms with Gasteiger partial charge in [0.1, 0.15) is 0 Å². The first kappa shape index (κ1) is 7.23. The Kier molecular flexibility index (Phi) is 1.75. The van der Waals surface area contributed by atoms with Crippen LogP contribution in [0.25, 0.3) is 11.6 Å². The Balaban J connectivity index is 2.35. The number of hydrogen-bond acceptors (Lipinski definition) is 5. The molecule has 0 unspecified atom stereocenters. The summed E-state index contributed by atoms with van der Waals surface area (Å²) in [7, 11) is 1.81. The van der Waals surface area contributed by atoms with E-state index in [-0.39, 0.29) is 0 Å². The van der Waals surface area contributed by atoms with Crippen molar-refractivity contribution in [2.75, 3.05) is 12.4 Å². The Morgan fingerprint density at radius 3 is 3.08 bits per heavy atom. The topological polar surface area (TPSA) is 66.5 Å². The van der Waals surface area contributed by atoms with Gasteiger partial charge in [-0.05, 0) is 0 Å². The van der Waals surface area contributed by atoms with E-state index in [4.69, 9.17) is 0 Å². The van der Waals surface area contributed by atoms with Crippen molar-refractivity contribution in [3.05, 3.63) is 12.4 Å². The first-order valence-corrected chi connectivity index (χ1v) is 4.18. The molecule has 2 heterocycles. The lowest BCUT2D eigenvalue weighted by Crippen LogP contribution is -1.87. The van der Waals surface area contributed by atoms with Crippen LogP contribution < -0.4 is 5.32 Å². The van der Waals surface area contributed by atoms with E-state index < -0.39 is 0 Å². The van der Waals surface area contributed by atoms with Gasteiger partial charge in [0.15, 0.2) is 5.82 Å². The van der Waals surface area contributed by atoms with Crippen molar-refractivity contribution in [2.24, 2.45) is 0 Å². The quantitative estimate of drug-likeness (QED) is 0.724. The Morgan fingerprint density at radius 2 is 2.50 bits per heavy atom. The highest BCUT2D eigenvalue weighted by Gasteiger charge is 2.05. The molecule has 0 radical (unpaired) electrons. The maximum Gasteiger partial charge on any atom is 0.210 e. The van der Waals surface area contributed by atoms with Gasteiger partial charge in [-0.2, -0.15) is 9.36 Å². The van der Waals surface area contributed by atoms with Gasteiger partial charge in [0.2, 0.25) is 11.0 Å². The fraction of sp³-hybridized carbons (Fsp3) is 0.167. The second-order valence-electron chi connectivity index (χ2n) is 2.11. The molecular formula is C6H7N5S. The molecule has 0 aliphatic rings. The SMILES string of the molecule is CNc1nc(-c2ncc[nH]2)ns1. The number of anilines is 1. The Hall–Kier alpha value is -1.43. The summed E-state index contributed by atoms with van der Waals surface area (Å²) in [5, 5.41) is 3.71. The highest BCUT2D eigenvalue weighted by Crippen LogP contribution is 2.16. The van der Waals surface area contributed by atoms with Gasteiger partial charge in [0, 0.05) is 31.0 Å². The molecule has 0 aromatic carbocycles. The van der Waals surface area contributed by atoms with Crippen LogP contribution in [0.3, 0.4) is 0 Å². The molecule has 2 N–H and O–H groups in total. The molecule has 0 aliphatic heterocycles. The summed E-state index contributed by atoms with van der Waals surface area (Å²) < 4.78 is 4.10. The first-order chi connectivity index (χ1) is 5.90. The number of nitrogens with zero attached hydrogens (tertiary/aromatic N) is 3. The number of imidazole rings is 1. The zero-order valence-corrected chi connectivity index (χ0v) is 7.22. The fourth-order valence-corrected chi connectivity index (χ4v) is 1.33. The molecule has 6 heteroatoms. The zero-order chi connectivity index (χ0) is 8.39. The van der Waals surface area contributed by atoms with Crippen molar-refractivity contribution < 1.29 is 0 Å². The van der Waals surface area contributed by atoms with Crippen molar-refractivity contribution in [2.45, 2.75) is 0 Å². The summed E-state index contributed by atoms with van der Waals surface area (Å²) in [4.78, 5) is 11.1.